The molecule has 1 aliphatic heterocycles. The zero-order valence-corrected chi connectivity index (χ0v) is 17.9. The van der Waals surface area contributed by atoms with E-state index in [0.29, 0.717) is 10.0 Å². The first-order valence-corrected chi connectivity index (χ1v) is 9.31. The standard InChI is InChI=1S/C17H20BClFN3O4S/c1-16(2)17(3,4)27-18(26-16)9-7-12(11(20)8-10(9)19)23-13(24)21(5)15(28)22(6)14(23)25/h7-8H,1-6H3. The normalized spacial score (nSPS) is 17.9. The van der Waals surface area contributed by atoms with Crippen molar-refractivity contribution >= 4 is 36.4 Å². The summed E-state index contributed by atoms with van der Waals surface area (Å²) in [4.78, 5) is 25.2. The molecule has 28 heavy (non-hydrogen) atoms. The molecule has 1 fully saturated rings. The Morgan fingerprint density at radius 2 is 1.50 bits per heavy atom. The fourth-order valence-corrected chi connectivity index (χ4v) is 3.25. The van der Waals surface area contributed by atoms with Gasteiger partial charge < -0.3 is 9.31 Å². The molecule has 3 rings (SSSR count). The number of hydrogen-bond donors (Lipinski definition) is 0. The van der Waals surface area contributed by atoms with Gasteiger partial charge in [0.25, 0.3) is 0 Å². The zero-order valence-electron chi connectivity index (χ0n) is 16.4. The van der Waals surface area contributed by atoms with Crippen LogP contribution in [-0.2, 0) is 23.4 Å². The van der Waals surface area contributed by atoms with Crippen LogP contribution < -0.4 is 16.8 Å². The summed E-state index contributed by atoms with van der Waals surface area (Å²) in [5.41, 5.74) is -2.76. The van der Waals surface area contributed by atoms with Gasteiger partial charge in [-0.05, 0) is 52.0 Å². The molecule has 0 atom stereocenters. The third-order valence-electron chi connectivity index (χ3n) is 5.34. The lowest BCUT2D eigenvalue weighted by Crippen LogP contribution is -2.44. The van der Waals surface area contributed by atoms with Gasteiger partial charge in [0, 0.05) is 24.6 Å². The van der Waals surface area contributed by atoms with Gasteiger partial charge in [0.1, 0.15) is 5.82 Å². The van der Waals surface area contributed by atoms with Crippen LogP contribution in [0.4, 0.5) is 4.39 Å². The summed E-state index contributed by atoms with van der Waals surface area (Å²) in [7, 11) is 1.93. The van der Waals surface area contributed by atoms with Crippen LogP contribution in [0.2, 0.25) is 5.02 Å². The number of hydrogen-bond acceptors (Lipinski definition) is 5. The molecule has 2 heterocycles. The van der Waals surface area contributed by atoms with E-state index in [2.05, 4.69) is 0 Å². The second-order valence-corrected chi connectivity index (χ2v) is 8.49. The highest BCUT2D eigenvalue weighted by Gasteiger charge is 2.52. The Morgan fingerprint density at radius 1 is 1.04 bits per heavy atom. The summed E-state index contributed by atoms with van der Waals surface area (Å²) in [5, 5.41) is 0.0638. The summed E-state index contributed by atoms with van der Waals surface area (Å²) in [6.45, 7) is 7.48. The molecule has 1 aromatic carbocycles. The molecule has 1 aromatic heterocycles. The van der Waals surface area contributed by atoms with Crippen molar-refractivity contribution in [2.45, 2.75) is 38.9 Å². The quantitative estimate of drug-likeness (QED) is 0.539. The summed E-state index contributed by atoms with van der Waals surface area (Å²) >= 11 is 11.3. The highest BCUT2D eigenvalue weighted by atomic mass is 35.5. The van der Waals surface area contributed by atoms with E-state index >= 15 is 0 Å². The molecule has 1 saturated heterocycles. The lowest BCUT2D eigenvalue weighted by Gasteiger charge is -2.32. The molecule has 0 N–H and O–H groups in total. The van der Waals surface area contributed by atoms with Crippen LogP contribution in [0.5, 0.6) is 0 Å². The molecular formula is C17H20BClFN3O4S. The highest BCUT2D eigenvalue weighted by molar-refractivity contribution is 7.71. The van der Waals surface area contributed by atoms with Crippen LogP contribution in [0, 0.1) is 10.6 Å². The van der Waals surface area contributed by atoms with Gasteiger partial charge >= 0.3 is 18.5 Å². The largest absolute Gasteiger partial charge is 0.496 e. The van der Waals surface area contributed by atoms with Crippen molar-refractivity contribution in [3.05, 3.63) is 48.7 Å². The maximum absolute atomic E-state index is 14.7. The van der Waals surface area contributed by atoms with Crippen LogP contribution in [0.25, 0.3) is 5.69 Å². The molecule has 0 amide bonds. The smallest absolute Gasteiger partial charge is 0.399 e. The molecule has 0 spiro atoms. The Labute approximate surface area is 171 Å². The molecule has 0 bridgehead atoms. The fraction of sp³-hybridized carbons (Fsp3) is 0.471. The summed E-state index contributed by atoms with van der Waals surface area (Å²) in [6.07, 6.45) is 0. The van der Waals surface area contributed by atoms with E-state index in [1.54, 1.807) is 0 Å². The Kier molecular flexibility index (Phi) is 4.98. The minimum Gasteiger partial charge on any atom is -0.399 e. The van der Waals surface area contributed by atoms with Gasteiger partial charge in [0.2, 0.25) is 0 Å². The number of benzene rings is 1. The summed E-state index contributed by atoms with van der Waals surface area (Å²) < 4.78 is 29.5. The number of aromatic nitrogens is 3. The number of nitrogens with zero attached hydrogens (tertiary/aromatic N) is 3. The van der Waals surface area contributed by atoms with Gasteiger partial charge in [0.05, 0.1) is 16.9 Å². The average Bonchev–Trinajstić information content (AvgIpc) is 2.80. The number of rotatable bonds is 2. The maximum atomic E-state index is 14.7. The number of halogens is 2. The monoisotopic (exact) mass is 427 g/mol. The van der Waals surface area contributed by atoms with Gasteiger partial charge in [0.15, 0.2) is 4.77 Å². The van der Waals surface area contributed by atoms with Gasteiger partial charge in [-0.25, -0.2) is 18.5 Å². The van der Waals surface area contributed by atoms with E-state index in [1.807, 2.05) is 27.7 Å². The van der Waals surface area contributed by atoms with Crippen molar-refractivity contribution in [3.63, 3.8) is 0 Å². The van der Waals surface area contributed by atoms with Crippen LogP contribution >= 0.6 is 23.8 Å². The van der Waals surface area contributed by atoms with E-state index in [4.69, 9.17) is 33.1 Å². The third kappa shape index (κ3) is 3.08. The summed E-state index contributed by atoms with van der Waals surface area (Å²) in [6, 6.07) is 2.33. The first-order chi connectivity index (χ1) is 12.8. The Hall–Kier alpha value is -1.75. The lowest BCUT2D eigenvalue weighted by atomic mass is 9.78. The van der Waals surface area contributed by atoms with Crippen molar-refractivity contribution in [1.82, 2.24) is 13.7 Å². The minimum absolute atomic E-state index is 0.0202. The van der Waals surface area contributed by atoms with Gasteiger partial charge in [-0.2, -0.15) is 0 Å². The molecule has 11 heteroatoms. The molecule has 0 saturated carbocycles. The van der Waals surface area contributed by atoms with E-state index in [-0.39, 0.29) is 15.5 Å². The molecule has 150 valence electrons. The van der Waals surface area contributed by atoms with E-state index in [9.17, 15) is 14.0 Å². The van der Waals surface area contributed by atoms with Gasteiger partial charge in [-0.1, -0.05) is 11.6 Å². The van der Waals surface area contributed by atoms with E-state index < -0.39 is 35.5 Å². The van der Waals surface area contributed by atoms with Crippen molar-refractivity contribution in [3.8, 4) is 5.69 Å². The van der Waals surface area contributed by atoms with Crippen LogP contribution in [0.1, 0.15) is 27.7 Å². The van der Waals surface area contributed by atoms with Crippen molar-refractivity contribution in [1.29, 1.82) is 0 Å². The first kappa shape index (κ1) is 21.0. The molecule has 2 aromatic rings. The van der Waals surface area contributed by atoms with E-state index in [1.165, 1.54) is 20.2 Å². The zero-order chi connectivity index (χ0) is 21.2. The molecule has 0 radical (unpaired) electrons. The van der Waals surface area contributed by atoms with Gasteiger partial charge in [-0.3, -0.25) is 9.13 Å². The van der Waals surface area contributed by atoms with Crippen molar-refractivity contribution in [2.75, 3.05) is 0 Å². The van der Waals surface area contributed by atoms with Crippen LogP contribution in [-0.4, -0.2) is 32.0 Å². The van der Waals surface area contributed by atoms with Gasteiger partial charge in [-0.15, -0.1) is 0 Å². The predicted molar refractivity (Wildman–Crippen MR) is 108 cm³/mol. The summed E-state index contributed by atoms with van der Waals surface area (Å²) in [5.74, 6) is -0.832. The second-order valence-electron chi connectivity index (χ2n) is 7.71. The predicted octanol–water partition coefficient (Wildman–Crippen LogP) is 1.70. The third-order valence-corrected chi connectivity index (χ3v) is 6.22. The highest BCUT2D eigenvalue weighted by Crippen LogP contribution is 2.37. The Balaban J connectivity index is 2.25. The SMILES string of the molecule is Cn1c(=S)n(C)c(=O)n(-c2cc(B3OC(C)(C)C(C)(C)O3)c(Cl)cc2F)c1=O. The maximum Gasteiger partial charge on any atom is 0.496 e. The van der Waals surface area contributed by atoms with Crippen LogP contribution in [0.3, 0.4) is 0 Å². The molecule has 0 aliphatic carbocycles. The van der Waals surface area contributed by atoms with Crippen LogP contribution in [0.15, 0.2) is 21.7 Å². The molecule has 0 unspecified atom stereocenters. The topological polar surface area (TPSA) is 67.4 Å². The lowest BCUT2D eigenvalue weighted by molar-refractivity contribution is 0.00578. The first-order valence-electron chi connectivity index (χ1n) is 8.52. The van der Waals surface area contributed by atoms with Crippen molar-refractivity contribution < 1.29 is 13.7 Å². The second kappa shape index (κ2) is 6.65. The molecular weight excluding hydrogens is 408 g/mol. The fourth-order valence-electron chi connectivity index (χ4n) is 2.85. The van der Waals surface area contributed by atoms with Crippen molar-refractivity contribution in [2.24, 2.45) is 14.1 Å². The average molecular weight is 428 g/mol. The minimum atomic E-state index is -0.886. The van der Waals surface area contributed by atoms with E-state index in [0.717, 1.165) is 15.2 Å². The Bertz CT molecular complexity index is 1100. The molecule has 1 aliphatic rings. The molecule has 7 nitrogen and oxygen atoms in total. The Morgan fingerprint density at radius 3 is 1.96 bits per heavy atom.